The molecule has 0 bridgehead atoms. The van der Waals surface area contributed by atoms with E-state index in [9.17, 15) is 23.1 Å². The minimum atomic E-state index is -4.57. The molecule has 1 atom stereocenters. The lowest BCUT2D eigenvalue weighted by atomic mass is 9.72. The van der Waals surface area contributed by atoms with Gasteiger partial charge in [-0.25, -0.2) is 0 Å². The maximum absolute atomic E-state index is 12.4. The number of alkyl halides is 3. The third-order valence-electron chi connectivity index (χ3n) is 5.04. The maximum atomic E-state index is 12.4. The minimum absolute atomic E-state index is 0.00133. The normalized spacial score (nSPS) is 24.2. The fourth-order valence-electron chi connectivity index (χ4n) is 3.47. The van der Waals surface area contributed by atoms with E-state index in [1.165, 1.54) is 0 Å². The number of piperidine rings is 2. The molecular weight excluding hydrogens is 313 g/mol. The van der Waals surface area contributed by atoms with E-state index in [2.05, 4.69) is 0 Å². The number of ether oxygens (including phenoxy) is 1. The van der Waals surface area contributed by atoms with Crippen molar-refractivity contribution in [1.29, 1.82) is 0 Å². The Balaban J connectivity index is 1.86. The van der Waals surface area contributed by atoms with Crippen LogP contribution in [0.1, 0.15) is 25.7 Å². The van der Waals surface area contributed by atoms with Crippen LogP contribution < -0.4 is 0 Å². The van der Waals surface area contributed by atoms with Crippen molar-refractivity contribution in [2.75, 3.05) is 46.4 Å². The van der Waals surface area contributed by atoms with Crippen molar-refractivity contribution in [3.05, 3.63) is 0 Å². The molecule has 0 aliphatic carbocycles. The Morgan fingerprint density at radius 1 is 1.30 bits per heavy atom. The highest BCUT2D eigenvalue weighted by atomic mass is 19.4. The second-order valence-electron chi connectivity index (χ2n) is 6.67. The molecule has 0 radical (unpaired) electrons. The number of carbonyl (C=O) groups excluding carboxylic acids is 1. The highest BCUT2D eigenvalue weighted by molar-refractivity contribution is 5.77. The van der Waals surface area contributed by atoms with Crippen molar-refractivity contribution >= 4 is 5.91 Å². The molecule has 2 heterocycles. The minimum Gasteiger partial charge on any atom is -0.383 e. The molecule has 134 valence electrons. The average molecular weight is 338 g/mol. The lowest BCUT2D eigenvalue weighted by Crippen LogP contribution is -2.53. The van der Waals surface area contributed by atoms with Gasteiger partial charge in [-0.1, -0.05) is 0 Å². The smallest absolute Gasteiger partial charge is 0.383 e. The molecule has 5 nitrogen and oxygen atoms in total. The number of aliphatic hydroxyl groups is 1. The predicted octanol–water partition coefficient (Wildman–Crippen LogP) is 1.26. The first-order valence-corrected chi connectivity index (χ1v) is 8.00. The fraction of sp³-hybridized carbons (Fsp3) is 0.933. The van der Waals surface area contributed by atoms with Gasteiger partial charge in [-0.2, -0.15) is 13.2 Å². The van der Waals surface area contributed by atoms with Gasteiger partial charge >= 0.3 is 6.18 Å². The monoisotopic (exact) mass is 338 g/mol. The molecule has 2 aliphatic heterocycles. The molecule has 0 unspecified atom stereocenters. The zero-order chi connectivity index (χ0) is 17.1. The number of β-amino-alcohol motifs (C(OH)–C–C–N with tert-alkyl or cyclic N) is 1. The number of likely N-dealkylation sites (tertiary alicyclic amines) is 2. The van der Waals surface area contributed by atoms with E-state index in [1.54, 1.807) is 12.0 Å². The highest BCUT2D eigenvalue weighted by Crippen LogP contribution is 2.40. The summed E-state index contributed by atoms with van der Waals surface area (Å²) in [6, 6.07) is 0. The summed E-state index contributed by atoms with van der Waals surface area (Å²) in [7, 11) is 1.59. The number of halogens is 3. The lowest BCUT2D eigenvalue weighted by Gasteiger charge is -2.47. The average Bonchev–Trinajstić information content (AvgIpc) is 2.50. The number of rotatable bonds is 5. The van der Waals surface area contributed by atoms with Gasteiger partial charge in [-0.3, -0.25) is 4.79 Å². The van der Waals surface area contributed by atoms with Crippen molar-refractivity contribution in [2.24, 2.45) is 5.41 Å². The van der Waals surface area contributed by atoms with Crippen molar-refractivity contribution < 1.29 is 27.8 Å². The molecule has 0 aromatic heterocycles. The van der Waals surface area contributed by atoms with Crippen molar-refractivity contribution in [1.82, 2.24) is 9.80 Å². The molecule has 1 amide bonds. The highest BCUT2D eigenvalue weighted by Gasteiger charge is 2.43. The van der Waals surface area contributed by atoms with Crippen LogP contribution in [0.15, 0.2) is 0 Å². The topological polar surface area (TPSA) is 53.0 Å². The van der Waals surface area contributed by atoms with Crippen LogP contribution in [0, 0.1) is 5.41 Å². The Morgan fingerprint density at radius 2 is 1.96 bits per heavy atom. The number of methoxy groups -OCH3 is 1. The molecule has 8 heteroatoms. The van der Waals surface area contributed by atoms with Gasteiger partial charge in [-0.05, 0) is 37.8 Å². The van der Waals surface area contributed by atoms with Gasteiger partial charge in [0.15, 0.2) is 6.10 Å². The van der Waals surface area contributed by atoms with Crippen LogP contribution in [0.3, 0.4) is 0 Å². The summed E-state index contributed by atoms with van der Waals surface area (Å²) in [4.78, 5) is 15.4. The van der Waals surface area contributed by atoms with Crippen molar-refractivity contribution in [3.63, 3.8) is 0 Å². The van der Waals surface area contributed by atoms with E-state index >= 15 is 0 Å². The quantitative estimate of drug-likeness (QED) is 0.820. The Morgan fingerprint density at radius 3 is 2.52 bits per heavy atom. The molecular formula is C15H25F3N2O3. The molecule has 2 fully saturated rings. The number of hydrogen-bond donors (Lipinski definition) is 1. The lowest BCUT2D eigenvalue weighted by molar-refractivity contribution is -0.209. The molecule has 1 N–H and O–H groups in total. The molecule has 2 aliphatic rings. The first-order valence-electron chi connectivity index (χ1n) is 8.00. The second kappa shape index (κ2) is 7.36. The molecule has 0 aromatic rings. The maximum Gasteiger partial charge on any atom is 0.415 e. The third kappa shape index (κ3) is 4.81. The number of carbonyl (C=O) groups is 1. The zero-order valence-corrected chi connectivity index (χ0v) is 13.4. The van der Waals surface area contributed by atoms with Crippen LogP contribution >= 0.6 is 0 Å². The van der Waals surface area contributed by atoms with E-state index < -0.39 is 12.3 Å². The van der Waals surface area contributed by atoms with Gasteiger partial charge in [0.05, 0.1) is 6.61 Å². The van der Waals surface area contributed by atoms with Crippen molar-refractivity contribution in [3.8, 4) is 0 Å². The van der Waals surface area contributed by atoms with Gasteiger partial charge in [0.25, 0.3) is 0 Å². The Hall–Kier alpha value is -0.860. The SMILES string of the molecule is COCCN1CC2(CCC1=O)CCN(C[C@@H](O)C(F)(F)F)CC2. The first kappa shape index (κ1) is 18.5. The van der Waals surface area contributed by atoms with Crippen LogP contribution in [0.5, 0.6) is 0 Å². The molecule has 0 aromatic carbocycles. The van der Waals surface area contributed by atoms with Gasteiger partial charge in [-0.15, -0.1) is 0 Å². The summed E-state index contributed by atoms with van der Waals surface area (Å²) in [5.74, 6) is 0.127. The molecule has 2 rings (SSSR count). The molecule has 23 heavy (non-hydrogen) atoms. The standard InChI is InChI=1S/C15H25F3N2O3/c1-23-9-8-20-11-14(3-2-13(20)22)4-6-19(7-5-14)10-12(21)15(16,17)18/h12,21H,2-11H2,1H3/t12-/m1/s1. The van der Waals surface area contributed by atoms with Gasteiger partial charge in [0.2, 0.25) is 5.91 Å². The summed E-state index contributed by atoms with van der Waals surface area (Å²) in [5, 5.41) is 9.18. The van der Waals surface area contributed by atoms with E-state index in [-0.39, 0.29) is 17.9 Å². The molecule has 2 saturated heterocycles. The summed E-state index contributed by atoms with van der Waals surface area (Å²) >= 11 is 0. The van der Waals surface area contributed by atoms with E-state index in [1.807, 2.05) is 4.90 Å². The summed E-state index contributed by atoms with van der Waals surface area (Å²) in [6.07, 6.45) is -4.05. The van der Waals surface area contributed by atoms with Gasteiger partial charge < -0.3 is 19.6 Å². The van der Waals surface area contributed by atoms with Crippen LogP contribution in [0.25, 0.3) is 0 Å². The van der Waals surface area contributed by atoms with Gasteiger partial charge in [0, 0.05) is 33.2 Å². The number of amides is 1. The fourth-order valence-corrected chi connectivity index (χ4v) is 3.47. The Kier molecular flexibility index (Phi) is 5.91. The number of aliphatic hydroxyl groups excluding tert-OH is 1. The second-order valence-corrected chi connectivity index (χ2v) is 6.67. The van der Waals surface area contributed by atoms with Gasteiger partial charge in [0.1, 0.15) is 0 Å². The van der Waals surface area contributed by atoms with Crippen LogP contribution in [-0.4, -0.2) is 79.5 Å². The number of hydrogen-bond acceptors (Lipinski definition) is 4. The predicted molar refractivity (Wildman–Crippen MR) is 77.9 cm³/mol. The van der Waals surface area contributed by atoms with Crippen LogP contribution in [0.2, 0.25) is 0 Å². The van der Waals surface area contributed by atoms with Crippen LogP contribution in [0.4, 0.5) is 13.2 Å². The first-order chi connectivity index (χ1) is 10.8. The largest absolute Gasteiger partial charge is 0.415 e. The summed E-state index contributed by atoms with van der Waals surface area (Å²) in [5.41, 5.74) is 0.00133. The molecule has 0 saturated carbocycles. The van der Waals surface area contributed by atoms with E-state index in [0.29, 0.717) is 39.2 Å². The molecule has 1 spiro atoms. The van der Waals surface area contributed by atoms with E-state index in [4.69, 9.17) is 4.74 Å². The van der Waals surface area contributed by atoms with Crippen molar-refractivity contribution in [2.45, 2.75) is 38.0 Å². The van der Waals surface area contributed by atoms with Crippen LogP contribution in [-0.2, 0) is 9.53 Å². The summed E-state index contributed by atoms with van der Waals surface area (Å²) < 4.78 is 42.3. The summed E-state index contributed by atoms with van der Waals surface area (Å²) in [6.45, 7) is 2.40. The Bertz CT molecular complexity index is 409. The number of nitrogens with zero attached hydrogens (tertiary/aromatic N) is 2. The zero-order valence-electron chi connectivity index (χ0n) is 13.4. The Labute approximate surface area is 134 Å². The van der Waals surface area contributed by atoms with E-state index in [0.717, 1.165) is 19.3 Å². The third-order valence-corrected chi connectivity index (χ3v) is 5.04.